The quantitative estimate of drug-likeness (QED) is 0.585. The first-order valence-electron chi connectivity index (χ1n) is 4.86. The fourth-order valence-corrected chi connectivity index (χ4v) is 2.80. The van der Waals surface area contributed by atoms with Gasteiger partial charge in [-0.25, -0.2) is 4.39 Å². The van der Waals surface area contributed by atoms with Gasteiger partial charge in [-0.15, -0.1) is 11.8 Å². The van der Waals surface area contributed by atoms with E-state index in [9.17, 15) is 27.2 Å². The summed E-state index contributed by atoms with van der Waals surface area (Å²) in [5.41, 5.74) is 0.300. The van der Waals surface area contributed by atoms with Crippen molar-refractivity contribution in [3.8, 4) is 0 Å². The second-order valence-electron chi connectivity index (χ2n) is 3.72. The van der Waals surface area contributed by atoms with Crippen LogP contribution in [0.5, 0.6) is 0 Å². The van der Waals surface area contributed by atoms with Gasteiger partial charge in [0.25, 0.3) is 5.78 Å². The minimum Gasteiger partial charge on any atom is -0.292 e. The molecule has 18 heavy (non-hydrogen) atoms. The number of thioether (sulfide) groups is 1. The molecule has 0 saturated heterocycles. The van der Waals surface area contributed by atoms with E-state index in [1.807, 2.05) is 0 Å². The van der Waals surface area contributed by atoms with Crippen molar-refractivity contribution in [1.29, 1.82) is 0 Å². The van der Waals surface area contributed by atoms with Crippen molar-refractivity contribution in [3.05, 3.63) is 35.1 Å². The molecule has 0 fully saturated rings. The van der Waals surface area contributed by atoms with Crippen molar-refractivity contribution in [2.75, 3.05) is 0 Å². The number of fused-ring (bicyclic) bond motifs is 1. The molecule has 1 aliphatic rings. The highest BCUT2D eigenvalue weighted by Crippen LogP contribution is 2.34. The van der Waals surface area contributed by atoms with Crippen LogP contribution in [0.4, 0.5) is 17.6 Å². The molecule has 1 atom stereocenters. The molecule has 1 aromatic carbocycles. The van der Waals surface area contributed by atoms with Crippen LogP contribution in [0.2, 0.25) is 0 Å². The molecule has 0 aliphatic carbocycles. The summed E-state index contributed by atoms with van der Waals surface area (Å²) in [7, 11) is 0. The van der Waals surface area contributed by atoms with E-state index in [0.717, 1.165) is 18.2 Å². The molecule has 0 aromatic heterocycles. The summed E-state index contributed by atoms with van der Waals surface area (Å²) in [6.07, 6.45) is -5.04. The first-order valence-corrected chi connectivity index (χ1v) is 5.91. The fourth-order valence-electron chi connectivity index (χ4n) is 1.66. The Morgan fingerprint density at radius 1 is 1.33 bits per heavy atom. The number of Topliss-reactive ketones (excluding diaryl/α,β-unsaturated/α-hetero) is 2. The molecule has 1 aliphatic heterocycles. The number of alkyl halides is 3. The van der Waals surface area contributed by atoms with Crippen LogP contribution >= 0.6 is 11.8 Å². The van der Waals surface area contributed by atoms with Crippen LogP contribution in [-0.2, 0) is 10.5 Å². The summed E-state index contributed by atoms with van der Waals surface area (Å²) < 4.78 is 49.7. The molecule has 0 saturated carbocycles. The Labute approximate surface area is 103 Å². The lowest BCUT2D eigenvalue weighted by atomic mass is 9.99. The largest absolute Gasteiger partial charge is 0.451 e. The van der Waals surface area contributed by atoms with E-state index in [1.54, 1.807) is 0 Å². The second kappa shape index (κ2) is 4.38. The van der Waals surface area contributed by atoms with Crippen molar-refractivity contribution in [2.24, 2.45) is 0 Å². The number of hydrogen-bond acceptors (Lipinski definition) is 3. The Morgan fingerprint density at radius 3 is 2.61 bits per heavy atom. The molecule has 0 spiro atoms. The third-order valence-electron chi connectivity index (χ3n) is 2.49. The Kier molecular flexibility index (Phi) is 3.18. The molecule has 96 valence electrons. The van der Waals surface area contributed by atoms with Crippen LogP contribution in [0, 0.1) is 5.82 Å². The average molecular weight is 278 g/mol. The first-order chi connectivity index (χ1) is 8.30. The van der Waals surface area contributed by atoms with Gasteiger partial charge >= 0.3 is 6.18 Å². The smallest absolute Gasteiger partial charge is 0.292 e. The Hall–Kier alpha value is -1.37. The van der Waals surface area contributed by atoms with Gasteiger partial charge < -0.3 is 0 Å². The molecule has 0 N–H and O–H groups in total. The molecule has 2 nitrogen and oxygen atoms in total. The Morgan fingerprint density at radius 2 is 2.00 bits per heavy atom. The maximum atomic E-state index is 12.9. The number of ketones is 2. The minimum atomic E-state index is -5.04. The van der Waals surface area contributed by atoms with Crippen LogP contribution in [0.25, 0.3) is 0 Å². The molecular formula is C11H6F4O2S. The first kappa shape index (κ1) is 13.1. The zero-order chi connectivity index (χ0) is 13.5. The highest BCUT2D eigenvalue weighted by Gasteiger charge is 2.48. The number of carbonyl (C=O) groups is 2. The lowest BCUT2D eigenvalue weighted by molar-refractivity contribution is -0.169. The van der Waals surface area contributed by atoms with Gasteiger partial charge in [-0.05, 0) is 23.8 Å². The van der Waals surface area contributed by atoms with Crippen molar-refractivity contribution in [2.45, 2.75) is 17.2 Å². The van der Waals surface area contributed by atoms with Crippen LogP contribution < -0.4 is 0 Å². The van der Waals surface area contributed by atoms with Crippen LogP contribution in [-0.4, -0.2) is 23.0 Å². The molecule has 7 heteroatoms. The monoisotopic (exact) mass is 278 g/mol. The summed E-state index contributed by atoms with van der Waals surface area (Å²) >= 11 is 0.572. The Bertz CT molecular complexity index is 524. The molecule has 0 bridgehead atoms. The van der Waals surface area contributed by atoms with Crippen molar-refractivity contribution in [3.63, 3.8) is 0 Å². The Balaban J connectivity index is 2.35. The summed E-state index contributed by atoms with van der Waals surface area (Å²) in [6.45, 7) is 0. The third kappa shape index (κ3) is 2.27. The molecule has 1 unspecified atom stereocenters. The lowest BCUT2D eigenvalue weighted by Crippen LogP contribution is -2.39. The third-order valence-corrected chi connectivity index (χ3v) is 3.73. The van der Waals surface area contributed by atoms with E-state index in [1.165, 1.54) is 0 Å². The summed E-state index contributed by atoms with van der Waals surface area (Å²) in [5, 5.41) is -1.78. The van der Waals surface area contributed by atoms with Gasteiger partial charge in [-0.1, -0.05) is 0 Å². The van der Waals surface area contributed by atoms with Gasteiger partial charge in [-0.3, -0.25) is 9.59 Å². The summed E-state index contributed by atoms with van der Waals surface area (Å²) in [4.78, 5) is 22.8. The van der Waals surface area contributed by atoms with Gasteiger partial charge in [0, 0.05) is 11.3 Å². The molecular weight excluding hydrogens is 272 g/mol. The highest BCUT2D eigenvalue weighted by atomic mass is 32.2. The van der Waals surface area contributed by atoms with Crippen LogP contribution in [0.15, 0.2) is 18.2 Å². The van der Waals surface area contributed by atoms with Gasteiger partial charge in [0.1, 0.15) is 11.1 Å². The number of carbonyl (C=O) groups excluding carboxylic acids is 2. The number of rotatable bonds is 1. The predicted molar refractivity (Wildman–Crippen MR) is 56.9 cm³/mol. The zero-order valence-electron chi connectivity index (χ0n) is 8.75. The maximum Gasteiger partial charge on any atom is 0.451 e. The van der Waals surface area contributed by atoms with E-state index in [0.29, 0.717) is 17.3 Å². The molecule has 2 rings (SSSR count). The molecule has 0 radical (unpaired) electrons. The normalized spacial score (nSPS) is 19.6. The SMILES string of the molecule is O=C1c2ccc(F)cc2CSC1C(=O)C(F)(F)F. The summed E-state index contributed by atoms with van der Waals surface area (Å²) in [6, 6.07) is 3.19. The van der Waals surface area contributed by atoms with E-state index < -0.39 is 28.8 Å². The van der Waals surface area contributed by atoms with Crippen LogP contribution in [0.3, 0.4) is 0 Å². The predicted octanol–water partition coefficient (Wildman–Crippen LogP) is 2.76. The van der Waals surface area contributed by atoms with Crippen molar-refractivity contribution in [1.82, 2.24) is 0 Å². The molecule has 1 aromatic rings. The number of halogens is 4. The van der Waals surface area contributed by atoms with Crippen LogP contribution in [0.1, 0.15) is 15.9 Å². The topological polar surface area (TPSA) is 34.1 Å². The standard InChI is InChI=1S/C11H6F4O2S/c12-6-1-2-7-5(3-6)4-18-9(8(7)16)10(17)11(13,14)15/h1-3,9H,4H2. The van der Waals surface area contributed by atoms with Gasteiger partial charge in [-0.2, -0.15) is 13.2 Å². The van der Waals surface area contributed by atoms with Gasteiger partial charge in [0.05, 0.1) is 0 Å². The molecule has 0 amide bonds. The number of hydrogen-bond donors (Lipinski definition) is 0. The zero-order valence-corrected chi connectivity index (χ0v) is 9.57. The fraction of sp³-hybridized carbons (Fsp3) is 0.273. The number of benzene rings is 1. The summed E-state index contributed by atoms with van der Waals surface area (Å²) in [5.74, 6) is -3.54. The van der Waals surface area contributed by atoms with Gasteiger partial charge in [0.2, 0.25) is 0 Å². The maximum absolute atomic E-state index is 12.9. The van der Waals surface area contributed by atoms with Gasteiger partial charge in [0.15, 0.2) is 5.78 Å². The molecule has 1 heterocycles. The second-order valence-corrected chi connectivity index (χ2v) is 4.81. The van der Waals surface area contributed by atoms with Crippen molar-refractivity contribution < 1.29 is 27.2 Å². The average Bonchev–Trinajstić information content (AvgIpc) is 2.27. The van der Waals surface area contributed by atoms with E-state index in [2.05, 4.69) is 0 Å². The minimum absolute atomic E-state index is 0.00528. The highest BCUT2D eigenvalue weighted by molar-refractivity contribution is 8.00. The van der Waals surface area contributed by atoms with E-state index >= 15 is 0 Å². The lowest BCUT2D eigenvalue weighted by Gasteiger charge is -2.22. The van der Waals surface area contributed by atoms with Crippen molar-refractivity contribution >= 4 is 23.3 Å². The van der Waals surface area contributed by atoms with E-state index in [4.69, 9.17) is 0 Å². The van der Waals surface area contributed by atoms with E-state index in [-0.39, 0.29) is 11.3 Å².